The van der Waals surface area contributed by atoms with Crippen molar-refractivity contribution < 1.29 is 66.6 Å². The number of alkyl halides is 13. The number of ketones is 1. The van der Waals surface area contributed by atoms with E-state index in [4.69, 9.17) is 0 Å². The SMILES string of the molecule is COC(CC(F)(F)C(F)(F)C(F)(F)C(F)(F)C(F)(F)C(F)(F)F)c1ccc(C(C)=O)cc1. The topological polar surface area (TPSA) is 26.3 Å². The van der Waals surface area contributed by atoms with E-state index in [0.717, 1.165) is 31.2 Å². The van der Waals surface area contributed by atoms with E-state index in [1.807, 2.05) is 0 Å². The second-order valence-electron chi connectivity index (χ2n) is 6.61. The van der Waals surface area contributed by atoms with Crippen molar-refractivity contribution in [3.05, 3.63) is 35.4 Å². The van der Waals surface area contributed by atoms with Crippen molar-refractivity contribution in [2.75, 3.05) is 7.11 Å². The third-order valence-corrected chi connectivity index (χ3v) is 4.41. The molecule has 184 valence electrons. The van der Waals surface area contributed by atoms with E-state index in [1.54, 1.807) is 0 Å². The molecular weight excluding hydrogens is 483 g/mol. The Morgan fingerprint density at radius 1 is 0.750 bits per heavy atom. The van der Waals surface area contributed by atoms with Gasteiger partial charge >= 0.3 is 35.8 Å². The van der Waals surface area contributed by atoms with Gasteiger partial charge in [-0.2, -0.15) is 57.1 Å². The zero-order valence-corrected chi connectivity index (χ0v) is 15.8. The molecule has 0 fully saturated rings. The van der Waals surface area contributed by atoms with E-state index in [-0.39, 0.29) is 5.56 Å². The average molecular weight is 496 g/mol. The van der Waals surface area contributed by atoms with Crippen LogP contribution in [-0.2, 0) is 4.74 Å². The smallest absolute Gasteiger partial charge is 0.377 e. The first-order chi connectivity index (χ1) is 14.1. The van der Waals surface area contributed by atoms with Gasteiger partial charge < -0.3 is 4.74 Å². The zero-order chi connectivity index (χ0) is 25.6. The summed E-state index contributed by atoms with van der Waals surface area (Å²) in [4.78, 5) is 11.2. The highest BCUT2D eigenvalue weighted by atomic mass is 19.4. The molecule has 1 aromatic carbocycles. The molecule has 1 rings (SSSR count). The number of carbonyl (C=O) groups excluding carboxylic acids is 1. The predicted octanol–water partition coefficient (Wildman–Crippen LogP) is 6.71. The van der Waals surface area contributed by atoms with Gasteiger partial charge in [-0.05, 0) is 12.5 Å². The molecule has 0 bridgehead atoms. The van der Waals surface area contributed by atoms with Crippen molar-refractivity contribution in [3.8, 4) is 0 Å². The number of halogens is 13. The van der Waals surface area contributed by atoms with Gasteiger partial charge in [0.15, 0.2) is 5.78 Å². The molecule has 32 heavy (non-hydrogen) atoms. The van der Waals surface area contributed by atoms with Crippen molar-refractivity contribution in [3.63, 3.8) is 0 Å². The Hall–Kier alpha value is -2.06. The van der Waals surface area contributed by atoms with Gasteiger partial charge in [0.2, 0.25) is 0 Å². The standard InChI is InChI=1S/C17H13F13O2/c1-8(31)9-3-5-10(6-4-9)11(32-2)7-12(18,19)13(20,21)14(22,23)15(24,25)16(26,27)17(28,29)30/h3-6,11H,7H2,1-2H3. The number of Topliss-reactive ketones (excluding diaryl/α,β-unsaturated/α-hetero) is 1. The Bertz CT molecular complexity index is 813. The number of ether oxygens (including phenoxy) is 1. The molecule has 0 saturated carbocycles. The third kappa shape index (κ3) is 4.39. The Kier molecular flexibility index (Phi) is 7.32. The van der Waals surface area contributed by atoms with Gasteiger partial charge in [0.1, 0.15) is 0 Å². The van der Waals surface area contributed by atoms with Crippen LogP contribution in [0.4, 0.5) is 57.1 Å². The molecule has 2 nitrogen and oxygen atoms in total. The van der Waals surface area contributed by atoms with Crippen LogP contribution in [0.5, 0.6) is 0 Å². The summed E-state index contributed by atoms with van der Waals surface area (Å²) in [6.45, 7) is 1.09. The predicted molar refractivity (Wildman–Crippen MR) is 81.6 cm³/mol. The second-order valence-corrected chi connectivity index (χ2v) is 6.61. The summed E-state index contributed by atoms with van der Waals surface area (Å²) in [6, 6.07) is 3.71. The van der Waals surface area contributed by atoms with Crippen molar-refractivity contribution in [2.45, 2.75) is 55.2 Å². The summed E-state index contributed by atoms with van der Waals surface area (Å²) < 4.78 is 176. The van der Waals surface area contributed by atoms with E-state index >= 15 is 0 Å². The number of hydrogen-bond acceptors (Lipinski definition) is 2. The highest BCUT2D eigenvalue weighted by Crippen LogP contribution is 2.61. The molecule has 1 unspecified atom stereocenters. The molecule has 0 N–H and O–H groups in total. The molecule has 0 aliphatic heterocycles. The molecule has 0 saturated heterocycles. The molecule has 0 aliphatic carbocycles. The van der Waals surface area contributed by atoms with Crippen LogP contribution in [0.3, 0.4) is 0 Å². The van der Waals surface area contributed by atoms with Crippen LogP contribution < -0.4 is 0 Å². The van der Waals surface area contributed by atoms with E-state index in [1.165, 1.54) is 0 Å². The minimum Gasteiger partial charge on any atom is -0.377 e. The first-order valence-electron chi connectivity index (χ1n) is 8.18. The van der Waals surface area contributed by atoms with E-state index in [9.17, 15) is 61.9 Å². The summed E-state index contributed by atoms with van der Waals surface area (Å²) >= 11 is 0. The van der Waals surface area contributed by atoms with E-state index in [0.29, 0.717) is 7.11 Å². The van der Waals surface area contributed by atoms with Crippen molar-refractivity contribution in [1.82, 2.24) is 0 Å². The van der Waals surface area contributed by atoms with Crippen molar-refractivity contribution in [1.29, 1.82) is 0 Å². The number of rotatable bonds is 9. The van der Waals surface area contributed by atoms with Crippen molar-refractivity contribution in [2.24, 2.45) is 0 Å². The molecule has 15 heteroatoms. The largest absolute Gasteiger partial charge is 0.460 e. The van der Waals surface area contributed by atoms with Crippen LogP contribution in [0.2, 0.25) is 0 Å². The molecular formula is C17H13F13O2. The van der Waals surface area contributed by atoms with Crippen LogP contribution in [-0.4, -0.2) is 48.7 Å². The minimum atomic E-state index is -7.95. The molecule has 1 atom stereocenters. The number of hydrogen-bond donors (Lipinski definition) is 0. The fourth-order valence-electron chi connectivity index (χ4n) is 2.43. The molecule has 0 spiro atoms. The molecule has 0 heterocycles. The Morgan fingerprint density at radius 2 is 1.16 bits per heavy atom. The lowest BCUT2D eigenvalue weighted by Gasteiger charge is -2.40. The Labute approximate surface area is 171 Å². The number of carbonyl (C=O) groups is 1. The highest BCUT2D eigenvalue weighted by molar-refractivity contribution is 5.94. The van der Waals surface area contributed by atoms with Crippen LogP contribution in [0.25, 0.3) is 0 Å². The fraction of sp³-hybridized carbons (Fsp3) is 0.588. The van der Waals surface area contributed by atoms with Crippen LogP contribution >= 0.6 is 0 Å². The summed E-state index contributed by atoms with van der Waals surface area (Å²) in [5, 5.41) is 0. The molecule has 1 aromatic rings. The van der Waals surface area contributed by atoms with E-state index < -0.39 is 59.7 Å². The monoisotopic (exact) mass is 496 g/mol. The molecule has 0 radical (unpaired) electrons. The van der Waals surface area contributed by atoms with Gasteiger partial charge in [0.05, 0.1) is 6.10 Å². The first-order valence-corrected chi connectivity index (χ1v) is 8.18. The maximum atomic E-state index is 14.0. The maximum Gasteiger partial charge on any atom is 0.460 e. The third-order valence-electron chi connectivity index (χ3n) is 4.41. The minimum absolute atomic E-state index is 0.00116. The highest BCUT2D eigenvalue weighted by Gasteiger charge is 2.90. The van der Waals surface area contributed by atoms with Gasteiger partial charge in [-0.25, -0.2) is 0 Å². The summed E-state index contributed by atoms with van der Waals surface area (Å²) in [6.07, 6.45) is -12.2. The zero-order valence-electron chi connectivity index (χ0n) is 15.8. The fourth-order valence-corrected chi connectivity index (χ4v) is 2.43. The van der Waals surface area contributed by atoms with Gasteiger partial charge in [-0.1, -0.05) is 24.3 Å². The average Bonchev–Trinajstić information content (AvgIpc) is 2.64. The quantitative estimate of drug-likeness (QED) is 0.281. The van der Waals surface area contributed by atoms with Crippen LogP contribution in [0.1, 0.15) is 35.4 Å². The lowest BCUT2D eigenvalue weighted by atomic mass is 9.90. The van der Waals surface area contributed by atoms with Crippen LogP contribution in [0.15, 0.2) is 24.3 Å². The molecule has 0 amide bonds. The second kappa shape index (κ2) is 8.37. The Balaban J connectivity index is 3.38. The van der Waals surface area contributed by atoms with E-state index in [2.05, 4.69) is 4.74 Å². The first kappa shape index (κ1) is 28.0. The maximum absolute atomic E-state index is 14.0. The lowest BCUT2D eigenvalue weighted by molar-refractivity contribution is -0.440. The Morgan fingerprint density at radius 3 is 1.50 bits per heavy atom. The van der Waals surface area contributed by atoms with Gasteiger partial charge in [-0.3, -0.25) is 4.79 Å². The number of methoxy groups -OCH3 is 1. The molecule has 0 aliphatic rings. The lowest BCUT2D eigenvalue weighted by Crippen LogP contribution is -2.70. The molecule has 0 aromatic heterocycles. The van der Waals surface area contributed by atoms with Crippen molar-refractivity contribution >= 4 is 5.78 Å². The van der Waals surface area contributed by atoms with Gasteiger partial charge in [-0.15, -0.1) is 0 Å². The van der Waals surface area contributed by atoms with Gasteiger partial charge in [0.25, 0.3) is 0 Å². The summed E-state index contributed by atoms with van der Waals surface area (Å²) in [5.41, 5.74) is -0.440. The number of benzene rings is 1. The van der Waals surface area contributed by atoms with Crippen LogP contribution in [0, 0.1) is 0 Å². The van der Waals surface area contributed by atoms with Gasteiger partial charge in [0, 0.05) is 19.1 Å². The summed E-state index contributed by atoms with van der Waals surface area (Å²) in [5.74, 6) is -37.7. The normalized spacial score (nSPS) is 15.6. The summed E-state index contributed by atoms with van der Waals surface area (Å²) in [7, 11) is 0.613.